The molecule has 164 valence electrons. The number of ketones is 1. The summed E-state index contributed by atoms with van der Waals surface area (Å²) in [7, 11) is -2.34. The quantitative estimate of drug-likeness (QED) is 0.385. The van der Waals surface area contributed by atoms with E-state index in [0.29, 0.717) is 24.9 Å². The van der Waals surface area contributed by atoms with Gasteiger partial charge in [0, 0.05) is 18.9 Å². The van der Waals surface area contributed by atoms with Crippen LogP contribution < -0.4 is 10.4 Å². The molecule has 1 saturated heterocycles. The fourth-order valence-corrected chi connectivity index (χ4v) is 7.50. The first-order valence-corrected chi connectivity index (χ1v) is 14.0. The SMILES string of the molecule is CC(C)C1/C=C\C(CO[Si](C)(c2ccccc2)c2ccccc2)CC2OC2C(=O)CC1. The van der Waals surface area contributed by atoms with Crippen LogP contribution in [0.3, 0.4) is 0 Å². The first kappa shape index (κ1) is 22.2. The molecule has 4 unspecified atom stereocenters. The fourth-order valence-electron chi connectivity index (χ4n) is 4.63. The van der Waals surface area contributed by atoms with E-state index in [1.807, 2.05) is 0 Å². The number of benzene rings is 2. The molecule has 4 heteroatoms. The molecule has 2 aromatic carbocycles. The molecule has 0 bridgehead atoms. The van der Waals surface area contributed by atoms with Crippen LogP contribution in [0, 0.1) is 17.8 Å². The van der Waals surface area contributed by atoms with Crippen molar-refractivity contribution in [3.63, 3.8) is 0 Å². The van der Waals surface area contributed by atoms with Crippen LogP contribution in [-0.2, 0) is 14.0 Å². The second kappa shape index (κ2) is 9.64. The average Bonchev–Trinajstić information content (AvgIpc) is 3.57. The van der Waals surface area contributed by atoms with Gasteiger partial charge in [0.2, 0.25) is 0 Å². The van der Waals surface area contributed by atoms with Crippen LogP contribution in [0.4, 0.5) is 0 Å². The van der Waals surface area contributed by atoms with Crippen LogP contribution in [0.2, 0.25) is 6.55 Å². The molecular formula is C27H34O3Si. The lowest BCUT2D eigenvalue weighted by Crippen LogP contribution is -2.58. The van der Waals surface area contributed by atoms with Crippen LogP contribution in [0.25, 0.3) is 0 Å². The lowest BCUT2D eigenvalue weighted by molar-refractivity contribution is -0.120. The van der Waals surface area contributed by atoms with Gasteiger partial charge >= 0.3 is 0 Å². The molecule has 0 N–H and O–H groups in total. The number of ether oxygens (including phenoxy) is 1. The van der Waals surface area contributed by atoms with Crippen molar-refractivity contribution in [1.82, 2.24) is 0 Å². The minimum Gasteiger partial charge on any atom is -0.408 e. The number of hydrogen-bond acceptors (Lipinski definition) is 3. The smallest absolute Gasteiger partial charge is 0.252 e. The van der Waals surface area contributed by atoms with Gasteiger partial charge < -0.3 is 9.16 Å². The standard InChI is InChI=1S/C27H34O3Si/c1-20(2)22-15-14-21(18-26-27(30-26)25(28)17-16-22)19-29-31(3,23-10-6-4-7-11-23)24-12-8-5-9-13-24/h4-15,20-22,26-27H,16-19H2,1-3H3/b15-14-. The second-order valence-corrected chi connectivity index (χ2v) is 13.0. The predicted molar refractivity (Wildman–Crippen MR) is 128 cm³/mol. The topological polar surface area (TPSA) is 38.8 Å². The Kier molecular flexibility index (Phi) is 6.90. The van der Waals surface area contributed by atoms with Crippen molar-refractivity contribution in [2.45, 2.75) is 51.9 Å². The maximum Gasteiger partial charge on any atom is 0.252 e. The maximum absolute atomic E-state index is 12.5. The van der Waals surface area contributed by atoms with Crippen LogP contribution in [0.1, 0.15) is 33.1 Å². The predicted octanol–water partition coefficient (Wildman–Crippen LogP) is 4.36. The van der Waals surface area contributed by atoms with Crippen molar-refractivity contribution in [3.05, 3.63) is 72.8 Å². The first-order valence-electron chi connectivity index (χ1n) is 11.6. The van der Waals surface area contributed by atoms with Crippen molar-refractivity contribution >= 4 is 24.5 Å². The van der Waals surface area contributed by atoms with E-state index < -0.39 is 8.32 Å². The number of carbonyl (C=O) groups excluding carboxylic acids is 1. The van der Waals surface area contributed by atoms with Gasteiger partial charge in [0.25, 0.3) is 8.32 Å². The monoisotopic (exact) mass is 434 g/mol. The highest BCUT2D eigenvalue weighted by Gasteiger charge is 2.45. The summed E-state index contributed by atoms with van der Waals surface area (Å²) in [6, 6.07) is 21.3. The van der Waals surface area contributed by atoms with E-state index >= 15 is 0 Å². The number of carbonyl (C=O) groups is 1. The van der Waals surface area contributed by atoms with E-state index in [4.69, 9.17) is 9.16 Å². The van der Waals surface area contributed by atoms with Crippen molar-refractivity contribution in [2.75, 3.05) is 6.61 Å². The van der Waals surface area contributed by atoms with Gasteiger partial charge in [0.1, 0.15) is 6.10 Å². The molecule has 31 heavy (non-hydrogen) atoms. The number of hydrogen-bond donors (Lipinski definition) is 0. The van der Waals surface area contributed by atoms with Gasteiger partial charge in [-0.15, -0.1) is 0 Å². The van der Waals surface area contributed by atoms with Crippen molar-refractivity contribution in [3.8, 4) is 0 Å². The molecular weight excluding hydrogens is 400 g/mol. The van der Waals surface area contributed by atoms with E-state index in [0.717, 1.165) is 12.8 Å². The average molecular weight is 435 g/mol. The Morgan fingerprint density at radius 1 is 1.00 bits per heavy atom. The van der Waals surface area contributed by atoms with Gasteiger partial charge in [0.05, 0.1) is 6.10 Å². The molecule has 1 aliphatic heterocycles. The van der Waals surface area contributed by atoms with Crippen LogP contribution in [-0.4, -0.2) is 32.9 Å². The molecule has 2 aliphatic rings. The highest BCUT2D eigenvalue weighted by Crippen LogP contribution is 2.34. The summed E-state index contributed by atoms with van der Waals surface area (Å²) in [5.41, 5.74) is 0. The highest BCUT2D eigenvalue weighted by molar-refractivity contribution is 6.96. The Morgan fingerprint density at radius 2 is 1.61 bits per heavy atom. The summed E-state index contributed by atoms with van der Waals surface area (Å²) in [6.45, 7) is 7.41. The number of epoxide rings is 1. The minimum atomic E-state index is -2.34. The number of allylic oxidation sites excluding steroid dienone is 1. The molecule has 1 aliphatic carbocycles. The second-order valence-electron chi connectivity index (χ2n) is 9.46. The largest absolute Gasteiger partial charge is 0.408 e. The summed E-state index contributed by atoms with van der Waals surface area (Å²) in [5, 5.41) is 2.56. The van der Waals surface area contributed by atoms with Gasteiger partial charge in [-0.3, -0.25) is 4.79 Å². The van der Waals surface area contributed by atoms with E-state index in [2.05, 4.69) is 93.2 Å². The molecule has 0 amide bonds. The third-order valence-corrected chi connectivity index (χ3v) is 10.5. The first-order chi connectivity index (χ1) is 15.0. The number of Topliss-reactive ketones (excluding diaryl/α,β-unsaturated/α-hetero) is 1. The van der Waals surface area contributed by atoms with E-state index in [9.17, 15) is 4.79 Å². The van der Waals surface area contributed by atoms with E-state index in [-0.39, 0.29) is 23.9 Å². The van der Waals surface area contributed by atoms with Crippen LogP contribution in [0.5, 0.6) is 0 Å². The summed E-state index contributed by atoms with van der Waals surface area (Å²) in [5.74, 6) is 1.47. The Hall–Kier alpha value is -2.01. The Bertz CT molecular complexity index is 854. The van der Waals surface area contributed by atoms with Crippen molar-refractivity contribution < 1.29 is 14.0 Å². The zero-order chi connectivity index (χ0) is 21.8. The molecule has 1 heterocycles. The van der Waals surface area contributed by atoms with Gasteiger partial charge in [-0.2, -0.15) is 0 Å². The zero-order valence-corrected chi connectivity index (χ0v) is 19.9. The van der Waals surface area contributed by atoms with Gasteiger partial charge in [0.15, 0.2) is 5.78 Å². The summed E-state index contributed by atoms with van der Waals surface area (Å²) < 4.78 is 12.6. The van der Waals surface area contributed by atoms with Crippen LogP contribution in [0.15, 0.2) is 72.8 Å². The molecule has 0 spiro atoms. The molecule has 4 atom stereocenters. The number of fused-ring (bicyclic) bond motifs is 1. The Labute approximate surface area is 187 Å². The fraction of sp³-hybridized carbons (Fsp3) is 0.444. The third kappa shape index (κ3) is 5.25. The Morgan fingerprint density at radius 3 is 2.19 bits per heavy atom. The maximum atomic E-state index is 12.5. The summed E-state index contributed by atoms with van der Waals surface area (Å²) in [4.78, 5) is 12.5. The lowest BCUT2D eigenvalue weighted by atomic mass is 9.86. The summed E-state index contributed by atoms with van der Waals surface area (Å²) in [6.07, 6.45) is 6.93. The van der Waals surface area contributed by atoms with Crippen molar-refractivity contribution in [1.29, 1.82) is 0 Å². The molecule has 2 aromatic rings. The molecule has 1 fully saturated rings. The van der Waals surface area contributed by atoms with Gasteiger partial charge in [-0.1, -0.05) is 86.7 Å². The minimum absolute atomic E-state index is 0.0581. The van der Waals surface area contributed by atoms with Gasteiger partial charge in [-0.05, 0) is 41.6 Å². The Balaban J connectivity index is 1.56. The summed E-state index contributed by atoms with van der Waals surface area (Å²) >= 11 is 0. The third-order valence-electron chi connectivity index (χ3n) is 6.88. The molecule has 0 saturated carbocycles. The number of rotatable bonds is 6. The molecule has 3 nitrogen and oxygen atoms in total. The normalized spacial score (nSPS) is 27.5. The van der Waals surface area contributed by atoms with Gasteiger partial charge in [-0.25, -0.2) is 0 Å². The van der Waals surface area contributed by atoms with Crippen molar-refractivity contribution in [2.24, 2.45) is 17.8 Å². The van der Waals surface area contributed by atoms with E-state index in [1.165, 1.54) is 10.4 Å². The lowest BCUT2D eigenvalue weighted by Gasteiger charge is -2.30. The zero-order valence-electron chi connectivity index (χ0n) is 18.9. The molecule has 0 aromatic heterocycles. The van der Waals surface area contributed by atoms with E-state index in [1.54, 1.807) is 0 Å². The van der Waals surface area contributed by atoms with Crippen LogP contribution >= 0.6 is 0 Å². The molecule has 4 rings (SSSR count). The highest BCUT2D eigenvalue weighted by atomic mass is 28.4. The molecule has 0 radical (unpaired) electrons.